The average molecular weight is 308 g/mol. The lowest BCUT2D eigenvalue weighted by Crippen LogP contribution is -2.30. The number of likely N-dealkylation sites (N-methyl/N-ethyl adjacent to an activating group) is 1. The Kier molecular flexibility index (Phi) is 3.69. The van der Waals surface area contributed by atoms with Crippen molar-refractivity contribution in [3.63, 3.8) is 0 Å². The molecule has 0 saturated carbocycles. The van der Waals surface area contributed by atoms with Crippen LogP contribution < -0.4 is 16.0 Å². The topological polar surface area (TPSA) is 84.9 Å². The zero-order valence-electron chi connectivity index (χ0n) is 12.0. The quantitative estimate of drug-likeness (QED) is 0.877. The molecule has 3 heterocycles. The van der Waals surface area contributed by atoms with Gasteiger partial charge in [0.2, 0.25) is 5.95 Å². The molecule has 2 aromatic rings. The van der Waals surface area contributed by atoms with Gasteiger partial charge < -0.3 is 16.0 Å². The van der Waals surface area contributed by atoms with Crippen LogP contribution in [0.4, 0.5) is 11.8 Å². The highest BCUT2D eigenvalue weighted by molar-refractivity contribution is 6.32. The normalized spacial score (nSPS) is 18.4. The van der Waals surface area contributed by atoms with Crippen LogP contribution in [-0.2, 0) is 7.05 Å². The number of hydrogen-bond donors (Lipinski definition) is 2. The second kappa shape index (κ2) is 5.50. The molecule has 1 aliphatic heterocycles. The lowest BCUT2D eigenvalue weighted by atomic mass is 10.2. The molecule has 0 spiro atoms. The molecule has 7 nitrogen and oxygen atoms in total. The Balaban J connectivity index is 1.95. The van der Waals surface area contributed by atoms with Crippen LogP contribution in [0, 0.1) is 0 Å². The van der Waals surface area contributed by atoms with E-state index in [1.165, 1.54) is 0 Å². The Labute approximate surface area is 128 Å². The Hall–Kier alpha value is -1.86. The van der Waals surface area contributed by atoms with E-state index in [-0.39, 0.29) is 5.95 Å². The van der Waals surface area contributed by atoms with Crippen molar-refractivity contribution in [2.45, 2.75) is 12.5 Å². The summed E-state index contributed by atoms with van der Waals surface area (Å²) in [5, 5.41) is 7.83. The van der Waals surface area contributed by atoms with E-state index >= 15 is 0 Å². The minimum absolute atomic E-state index is 0.246. The van der Waals surface area contributed by atoms with Crippen LogP contribution in [-0.4, -0.2) is 45.9 Å². The van der Waals surface area contributed by atoms with Gasteiger partial charge in [-0.1, -0.05) is 11.6 Å². The maximum Gasteiger partial charge on any atom is 0.222 e. The van der Waals surface area contributed by atoms with Crippen molar-refractivity contribution in [2.24, 2.45) is 7.05 Å². The third-order valence-electron chi connectivity index (χ3n) is 3.71. The molecule has 1 aliphatic rings. The molecule has 0 amide bonds. The first-order chi connectivity index (χ1) is 10.1. The molecule has 0 aromatic carbocycles. The smallest absolute Gasteiger partial charge is 0.222 e. The van der Waals surface area contributed by atoms with Crippen molar-refractivity contribution in [3.05, 3.63) is 17.4 Å². The number of anilines is 2. The van der Waals surface area contributed by atoms with Gasteiger partial charge in [0.1, 0.15) is 5.82 Å². The molecule has 1 atom stereocenters. The molecule has 21 heavy (non-hydrogen) atoms. The van der Waals surface area contributed by atoms with Gasteiger partial charge in [-0.2, -0.15) is 10.1 Å². The van der Waals surface area contributed by atoms with E-state index in [0.717, 1.165) is 30.9 Å². The van der Waals surface area contributed by atoms with Gasteiger partial charge in [-0.05, 0) is 13.5 Å². The fraction of sp³-hybridized carbons (Fsp3) is 0.462. The SMILES string of the molecule is CN[C@@H]1CCN(c2cc(-c3cn(C)nc3Cl)nc(N)n2)C1. The number of rotatable bonds is 3. The van der Waals surface area contributed by atoms with E-state index in [1.54, 1.807) is 4.68 Å². The summed E-state index contributed by atoms with van der Waals surface area (Å²) in [5.74, 6) is 1.07. The van der Waals surface area contributed by atoms with E-state index in [0.29, 0.717) is 16.9 Å². The van der Waals surface area contributed by atoms with Gasteiger partial charge in [-0.25, -0.2) is 4.98 Å². The molecule has 2 aromatic heterocycles. The van der Waals surface area contributed by atoms with Crippen molar-refractivity contribution >= 4 is 23.4 Å². The number of hydrogen-bond acceptors (Lipinski definition) is 6. The summed E-state index contributed by atoms with van der Waals surface area (Å²) in [4.78, 5) is 10.8. The van der Waals surface area contributed by atoms with Gasteiger partial charge in [0.25, 0.3) is 0 Å². The molecule has 8 heteroatoms. The number of nitrogens with zero attached hydrogens (tertiary/aromatic N) is 5. The fourth-order valence-electron chi connectivity index (χ4n) is 2.59. The Morgan fingerprint density at radius 3 is 2.86 bits per heavy atom. The maximum absolute atomic E-state index is 6.13. The van der Waals surface area contributed by atoms with Gasteiger partial charge in [0.15, 0.2) is 5.15 Å². The summed E-state index contributed by atoms with van der Waals surface area (Å²) in [5.41, 5.74) is 7.31. The first-order valence-electron chi connectivity index (χ1n) is 6.83. The monoisotopic (exact) mass is 307 g/mol. The zero-order valence-corrected chi connectivity index (χ0v) is 12.8. The number of aromatic nitrogens is 4. The summed E-state index contributed by atoms with van der Waals surface area (Å²) in [6.07, 6.45) is 2.91. The van der Waals surface area contributed by atoms with Crippen molar-refractivity contribution < 1.29 is 0 Å². The van der Waals surface area contributed by atoms with Gasteiger partial charge in [-0.15, -0.1) is 0 Å². The maximum atomic E-state index is 6.13. The summed E-state index contributed by atoms with van der Waals surface area (Å²) in [7, 11) is 3.79. The highest BCUT2D eigenvalue weighted by Crippen LogP contribution is 2.29. The number of halogens is 1. The molecule has 1 saturated heterocycles. The Bertz CT molecular complexity index is 654. The number of nitrogens with two attached hydrogens (primary N) is 1. The molecule has 0 aliphatic carbocycles. The van der Waals surface area contributed by atoms with Crippen molar-refractivity contribution in [1.29, 1.82) is 0 Å². The van der Waals surface area contributed by atoms with Crippen LogP contribution in [0.2, 0.25) is 5.15 Å². The van der Waals surface area contributed by atoms with Gasteiger partial charge >= 0.3 is 0 Å². The number of nitrogen functional groups attached to an aromatic ring is 1. The third-order valence-corrected chi connectivity index (χ3v) is 3.99. The standard InChI is InChI=1S/C13H18ClN7/c1-16-8-3-4-21(6-8)11-5-10(17-13(15)18-11)9-7-20(2)19-12(9)14/h5,7-8,16H,3-4,6H2,1-2H3,(H2,15,17,18)/t8-/m1/s1. The van der Waals surface area contributed by atoms with E-state index in [2.05, 4.69) is 25.3 Å². The predicted molar refractivity (Wildman–Crippen MR) is 83.3 cm³/mol. The number of aryl methyl sites for hydroxylation is 1. The second-order valence-corrected chi connectivity index (χ2v) is 5.56. The van der Waals surface area contributed by atoms with Crippen molar-refractivity contribution in [3.8, 4) is 11.3 Å². The lowest BCUT2D eigenvalue weighted by molar-refractivity contribution is 0.616. The van der Waals surface area contributed by atoms with Gasteiger partial charge in [-0.3, -0.25) is 4.68 Å². The van der Waals surface area contributed by atoms with Gasteiger partial charge in [0.05, 0.1) is 11.3 Å². The summed E-state index contributed by atoms with van der Waals surface area (Å²) < 4.78 is 1.66. The van der Waals surface area contributed by atoms with Crippen LogP contribution in [0.1, 0.15) is 6.42 Å². The zero-order chi connectivity index (χ0) is 15.0. The Morgan fingerprint density at radius 1 is 1.43 bits per heavy atom. The molecular weight excluding hydrogens is 290 g/mol. The van der Waals surface area contributed by atoms with Crippen LogP contribution in [0.25, 0.3) is 11.3 Å². The molecule has 1 fully saturated rings. The van der Waals surface area contributed by atoms with Crippen molar-refractivity contribution in [1.82, 2.24) is 25.1 Å². The fourth-order valence-corrected chi connectivity index (χ4v) is 2.85. The molecule has 3 rings (SSSR count). The van der Waals surface area contributed by atoms with Crippen LogP contribution in [0.5, 0.6) is 0 Å². The third kappa shape index (κ3) is 2.79. The predicted octanol–water partition coefficient (Wildman–Crippen LogP) is 0.911. The van der Waals surface area contributed by atoms with Gasteiger partial charge in [0, 0.05) is 38.4 Å². The summed E-state index contributed by atoms with van der Waals surface area (Å²) in [6.45, 7) is 1.86. The van der Waals surface area contributed by atoms with E-state index < -0.39 is 0 Å². The van der Waals surface area contributed by atoms with Crippen LogP contribution in [0.3, 0.4) is 0 Å². The molecule has 3 N–H and O–H groups in total. The van der Waals surface area contributed by atoms with E-state index in [1.807, 2.05) is 26.4 Å². The molecule has 0 radical (unpaired) electrons. The Morgan fingerprint density at radius 2 is 2.24 bits per heavy atom. The number of nitrogens with one attached hydrogen (secondary N) is 1. The first kappa shape index (κ1) is 14.1. The molecule has 0 bridgehead atoms. The first-order valence-corrected chi connectivity index (χ1v) is 7.21. The second-order valence-electron chi connectivity index (χ2n) is 5.20. The summed E-state index contributed by atoms with van der Waals surface area (Å²) >= 11 is 6.13. The van der Waals surface area contributed by atoms with E-state index in [4.69, 9.17) is 17.3 Å². The minimum Gasteiger partial charge on any atom is -0.368 e. The van der Waals surface area contributed by atoms with Crippen molar-refractivity contribution in [2.75, 3.05) is 30.8 Å². The largest absolute Gasteiger partial charge is 0.368 e. The average Bonchev–Trinajstić information content (AvgIpc) is 3.04. The molecule has 0 unspecified atom stereocenters. The summed E-state index contributed by atoms with van der Waals surface area (Å²) in [6, 6.07) is 2.39. The highest BCUT2D eigenvalue weighted by atomic mass is 35.5. The lowest BCUT2D eigenvalue weighted by Gasteiger charge is -2.18. The molecule has 112 valence electrons. The van der Waals surface area contributed by atoms with Crippen LogP contribution in [0.15, 0.2) is 12.3 Å². The highest BCUT2D eigenvalue weighted by Gasteiger charge is 2.23. The minimum atomic E-state index is 0.246. The van der Waals surface area contributed by atoms with Crippen LogP contribution >= 0.6 is 11.6 Å². The molecular formula is C13H18ClN7. The van der Waals surface area contributed by atoms with E-state index in [9.17, 15) is 0 Å².